The van der Waals surface area contributed by atoms with E-state index in [9.17, 15) is 18.0 Å². The molecule has 18 heavy (non-hydrogen) atoms. The number of aromatic amines is 2. The molecule has 0 aliphatic rings. The molecule has 0 saturated carbocycles. The summed E-state index contributed by atoms with van der Waals surface area (Å²) in [5, 5.41) is 0. The molecule has 2 rings (SSSR count). The lowest BCUT2D eigenvalue weighted by Gasteiger charge is -2.03. The zero-order valence-corrected chi connectivity index (χ0v) is 9.78. The third kappa shape index (κ3) is 2.57. The summed E-state index contributed by atoms with van der Waals surface area (Å²) in [6.45, 7) is -0.0894. The first-order chi connectivity index (χ1) is 8.49. The van der Waals surface area contributed by atoms with E-state index in [1.807, 2.05) is 4.98 Å². The minimum atomic E-state index is -4.01. The van der Waals surface area contributed by atoms with Crippen LogP contribution in [-0.4, -0.2) is 18.4 Å². The molecule has 2 aromatic heterocycles. The molecule has 8 nitrogen and oxygen atoms in total. The van der Waals surface area contributed by atoms with Crippen LogP contribution in [0.4, 0.5) is 0 Å². The fraction of sp³-hybridized carbons (Fsp3) is 0.111. The number of rotatable bonds is 4. The molecule has 0 bridgehead atoms. The summed E-state index contributed by atoms with van der Waals surface area (Å²) in [5.74, 6) is 0.402. The third-order valence-corrected chi connectivity index (χ3v) is 3.50. The van der Waals surface area contributed by atoms with Gasteiger partial charge in [0.05, 0.1) is 12.8 Å². The Labute approximate surface area is 101 Å². The maximum atomic E-state index is 11.8. The van der Waals surface area contributed by atoms with Gasteiger partial charge < -0.3 is 9.40 Å². The number of hydrogen-bond acceptors (Lipinski definition) is 5. The monoisotopic (exact) mass is 271 g/mol. The van der Waals surface area contributed by atoms with Gasteiger partial charge in [-0.15, -0.1) is 0 Å². The van der Waals surface area contributed by atoms with Crippen molar-refractivity contribution in [2.75, 3.05) is 0 Å². The van der Waals surface area contributed by atoms with Crippen LogP contribution in [0.1, 0.15) is 5.76 Å². The molecule has 0 atom stereocenters. The molecule has 96 valence electrons. The Morgan fingerprint density at radius 1 is 1.33 bits per heavy atom. The molecule has 0 spiro atoms. The van der Waals surface area contributed by atoms with Gasteiger partial charge in [-0.2, -0.15) is 0 Å². The fourth-order valence-corrected chi connectivity index (χ4v) is 2.25. The van der Waals surface area contributed by atoms with Gasteiger partial charge >= 0.3 is 5.69 Å². The van der Waals surface area contributed by atoms with Crippen LogP contribution >= 0.6 is 0 Å². The second-order valence-electron chi connectivity index (χ2n) is 3.34. The van der Waals surface area contributed by atoms with Crippen molar-refractivity contribution in [3.05, 3.63) is 51.2 Å². The van der Waals surface area contributed by atoms with E-state index in [0.717, 1.165) is 6.20 Å². The summed E-state index contributed by atoms with van der Waals surface area (Å²) in [7, 11) is -4.01. The molecule has 0 saturated heterocycles. The van der Waals surface area contributed by atoms with Crippen LogP contribution in [0.3, 0.4) is 0 Å². The average molecular weight is 271 g/mol. The van der Waals surface area contributed by atoms with Crippen LogP contribution in [0.15, 0.2) is 43.5 Å². The standard InChI is InChI=1S/C9H9N3O5S/c13-8-7(5-10-9(14)12-8)18(15,16)11-4-6-2-1-3-17-6/h1-3,5,11H,4H2,(H2,10,12,13,14). The molecular weight excluding hydrogens is 262 g/mol. The minimum Gasteiger partial charge on any atom is -0.468 e. The normalized spacial score (nSPS) is 11.6. The first-order valence-corrected chi connectivity index (χ1v) is 6.31. The van der Waals surface area contributed by atoms with Crippen molar-refractivity contribution in [1.29, 1.82) is 0 Å². The highest BCUT2D eigenvalue weighted by Crippen LogP contribution is 2.03. The summed E-state index contributed by atoms with van der Waals surface area (Å²) in [4.78, 5) is 25.5. The van der Waals surface area contributed by atoms with E-state index >= 15 is 0 Å². The van der Waals surface area contributed by atoms with Crippen molar-refractivity contribution in [3.63, 3.8) is 0 Å². The van der Waals surface area contributed by atoms with Gasteiger partial charge in [0.2, 0.25) is 10.0 Å². The molecular formula is C9H9N3O5S. The van der Waals surface area contributed by atoms with Crippen molar-refractivity contribution < 1.29 is 12.8 Å². The van der Waals surface area contributed by atoms with Gasteiger partial charge in [-0.1, -0.05) is 0 Å². The van der Waals surface area contributed by atoms with Crippen molar-refractivity contribution in [2.45, 2.75) is 11.4 Å². The summed E-state index contributed by atoms with van der Waals surface area (Å²) in [6, 6.07) is 3.19. The Bertz CT molecular complexity index is 741. The van der Waals surface area contributed by atoms with Crippen LogP contribution in [0.2, 0.25) is 0 Å². The predicted molar refractivity (Wildman–Crippen MR) is 60.4 cm³/mol. The molecule has 0 radical (unpaired) electrons. The molecule has 0 unspecified atom stereocenters. The summed E-state index contributed by atoms with van der Waals surface area (Å²) < 4.78 is 30.6. The molecule has 9 heteroatoms. The van der Waals surface area contributed by atoms with Crippen molar-refractivity contribution in [2.24, 2.45) is 0 Å². The minimum absolute atomic E-state index is 0.0894. The summed E-state index contributed by atoms with van der Waals surface area (Å²) in [6.07, 6.45) is 2.24. The molecule has 2 aromatic rings. The topological polar surface area (TPSA) is 125 Å². The van der Waals surface area contributed by atoms with E-state index < -0.39 is 26.2 Å². The Morgan fingerprint density at radius 2 is 2.11 bits per heavy atom. The molecule has 3 N–H and O–H groups in total. The number of aromatic nitrogens is 2. The number of H-pyrrole nitrogens is 2. The van der Waals surface area contributed by atoms with Gasteiger partial charge in [-0.25, -0.2) is 17.9 Å². The zero-order valence-electron chi connectivity index (χ0n) is 8.97. The summed E-state index contributed by atoms with van der Waals surface area (Å²) in [5.41, 5.74) is -1.75. The fourth-order valence-electron chi connectivity index (χ4n) is 1.25. The predicted octanol–water partition coefficient (Wildman–Crippen LogP) is -0.865. The SMILES string of the molecule is O=c1[nH]cc(S(=O)(=O)NCc2ccco2)c(=O)[nH]1. The van der Waals surface area contributed by atoms with Crippen LogP contribution < -0.4 is 16.0 Å². The first-order valence-electron chi connectivity index (χ1n) is 4.83. The van der Waals surface area contributed by atoms with Crippen LogP contribution in [-0.2, 0) is 16.6 Å². The van der Waals surface area contributed by atoms with Crippen molar-refractivity contribution in [1.82, 2.24) is 14.7 Å². The lowest BCUT2D eigenvalue weighted by Crippen LogP contribution is -2.32. The molecule has 2 heterocycles. The van der Waals surface area contributed by atoms with E-state index in [1.165, 1.54) is 6.26 Å². The second-order valence-corrected chi connectivity index (χ2v) is 5.08. The Morgan fingerprint density at radius 3 is 2.72 bits per heavy atom. The highest BCUT2D eigenvalue weighted by atomic mass is 32.2. The molecule has 0 aliphatic carbocycles. The van der Waals surface area contributed by atoms with Gasteiger partial charge in [0.1, 0.15) is 5.76 Å². The Balaban J connectivity index is 2.26. The van der Waals surface area contributed by atoms with Gasteiger partial charge in [0, 0.05) is 6.20 Å². The molecule has 0 aromatic carbocycles. The number of sulfonamides is 1. The van der Waals surface area contributed by atoms with E-state index in [4.69, 9.17) is 4.42 Å². The number of nitrogens with one attached hydrogen (secondary N) is 3. The number of hydrogen-bond donors (Lipinski definition) is 3. The maximum Gasteiger partial charge on any atom is 0.325 e. The summed E-state index contributed by atoms with van der Waals surface area (Å²) >= 11 is 0. The van der Waals surface area contributed by atoms with Gasteiger partial charge in [-0.3, -0.25) is 9.78 Å². The zero-order chi connectivity index (χ0) is 13.2. The molecule has 0 aliphatic heterocycles. The van der Waals surface area contributed by atoms with E-state index in [0.29, 0.717) is 5.76 Å². The molecule has 0 amide bonds. The van der Waals surface area contributed by atoms with Crippen LogP contribution in [0.25, 0.3) is 0 Å². The van der Waals surface area contributed by atoms with Gasteiger partial charge in [-0.05, 0) is 12.1 Å². The molecule has 0 fully saturated rings. The number of furan rings is 1. The van der Waals surface area contributed by atoms with Crippen LogP contribution in [0.5, 0.6) is 0 Å². The second kappa shape index (κ2) is 4.63. The van der Waals surface area contributed by atoms with Gasteiger partial charge in [0.15, 0.2) is 4.90 Å². The maximum absolute atomic E-state index is 11.8. The smallest absolute Gasteiger partial charge is 0.325 e. The lowest BCUT2D eigenvalue weighted by molar-refractivity contribution is 0.498. The quantitative estimate of drug-likeness (QED) is 0.667. The highest BCUT2D eigenvalue weighted by Gasteiger charge is 2.18. The van der Waals surface area contributed by atoms with Gasteiger partial charge in [0.25, 0.3) is 5.56 Å². The Kier molecular flexibility index (Phi) is 3.17. The van der Waals surface area contributed by atoms with Crippen molar-refractivity contribution in [3.8, 4) is 0 Å². The van der Waals surface area contributed by atoms with E-state index in [1.54, 1.807) is 12.1 Å². The highest BCUT2D eigenvalue weighted by molar-refractivity contribution is 7.89. The first kappa shape index (κ1) is 12.3. The Hall–Kier alpha value is -2.13. The lowest BCUT2D eigenvalue weighted by atomic mass is 10.5. The van der Waals surface area contributed by atoms with Crippen LogP contribution in [0, 0.1) is 0 Å². The average Bonchev–Trinajstić information content (AvgIpc) is 2.78. The largest absolute Gasteiger partial charge is 0.468 e. The third-order valence-electron chi connectivity index (χ3n) is 2.09. The van der Waals surface area contributed by atoms with E-state index in [2.05, 4.69) is 9.71 Å². The van der Waals surface area contributed by atoms with Crippen molar-refractivity contribution >= 4 is 10.0 Å². The van der Waals surface area contributed by atoms with E-state index in [-0.39, 0.29) is 6.54 Å².